The number of hydrogen-bond acceptors (Lipinski definition) is 4. The van der Waals surface area contributed by atoms with E-state index in [1.165, 1.54) is 0 Å². The molecule has 1 atom stereocenters. The molecule has 5 nitrogen and oxygen atoms in total. The van der Waals surface area contributed by atoms with Crippen molar-refractivity contribution in [1.29, 1.82) is 0 Å². The van der Waals surface area contributed by atoms with Crippen molar-refractivity contribution in [3.05, 3.63) is 0 Å². The summed E-state index contributed by atoms with van der Waals surface area (Å²) in [6.07, 6.45) is 4.25. The largest absolute Gasteiger partial charge is 0.354 e. The molecule has 0 aliphatic rings. The smallest absolute Gasteiger partial charge is 0.220 e. The van der Waals surface area contributed by atoms with Crippen LogP contribution in [0.4, 0.5) is 0 Å². The first-order valence-electron chi connectivity index (χ1n) is 6.20. The standard InChI is InChI=1S/C12H26N2O3/c1-10(12(16-2)17-3)14-11(15)8-6-4-5-7-9-13/h10,12H,4-9,13H2,1-3H3,(H,14,15). The van der Waals surface area contributed by atoms with Gasteiger partial charge in [0.25, 0.3) is 0 Å². The molecule has 0 radical (unpaired) electrons. The lowest BCUT2D eigenvalue weighted by Gasteiger charge is -2.22. The summed E-state index contributed by atoms with van der Waals surface area (Å²) in [4.78, 5) is 11.6. The average molecular weight is 246 g/mol. The van der Waals surface area contributed by atoms with E-state index in [0.29, 0.717) is 6.42 Å². The van der Waals surface area contributed by atoms with E-state index in [-0.39, 0.29) is 11.9 Å². The average Bonchev–Trinajstić information content (AvgIpc) is 2.30. The summed E-state index contributed by atoms with van der Waals surface area (Å²) in [6.45, 7) is 2.59. The third-order valence-corrected chi connectivity index (χ3v) is 2.62. The molecule has 1 unspecified atom stereocenters. The van der Waals surface area contributed by atoms with Crippen molar-refractivity contribution < 1.29 is 14.3 Å². The quantitative estimate of drug-likeness (QED) is 0.446. The number of nitrogens with two attached hydrogens (primary N) is 1. The second kappa shape index (κ2) is 10.5. The van der Waals surface area contributed by atoms with Gasteiger partial charge in [-0.05, 0) is 26.3 Å². The van der Waals surface area contributed by atoms with E-state index in [1.807, 2.05) is 6.92 Å². The van der Waals surface area contributed by atoms with Crippen LogP contribution in [0.5, 0.6) is 0 Å². The van der Waals surface area contributed by atoms with Gasteiger partial charge in [-0.3, -0.25) is 4.79 Å². The molecule has 0 aromatic rings. The fourth-order valence-corrected chi connectivity index (χ4v) is 1.68. The Balaban J connectivity index is 3.63. The lowest BCUT2D eigenvalue weighted by atomic mass is 10.1. The van der Waals surface area contributed by atoms with E-state index in [1.54, 1.807) is 14.2 Å². The lowest BCUT2D eigenvalue weighted by Crippen LogP contribution is -2.42. The van der Waals surface area contributed by atoms with Gasteiger partial charge in [0.15, 0.2) is 6.29 Å². The zero-order valence-corrected chi connectivity index (χ0v) is 11.2. The van der Waals surface area contributed by atoms with Crippen LogP contribution in [0.1, 0.15) is 39.0 Å². The molecule has 0 aliphatic carbocycles. The Labute approximate surface area is 104 Å². The predicted molar refractivity (Wildman–Crippen MR) is 67.6 cm³/mol. The third-order valence-electron chi connectivity index (χ3n) is 2.62. The van der Waals surface area contributed by atoms with Crippen LogP contribution in [-0.4, -0.2) is 39.0 Å². The molecule has 0 rings (SSSR count). The van der Waals surface area contributed by atoms with Crippen LogP contribution in [0.3, 0.4) is 0 Å². The fraction of sp³-hybridized carbons (Fsp3) is 0.917. The Bertz CT molecular complexity index is 196. The molecule has 0 aromatic carbocycles. The number of amides is 1. The van der Waals surface area contributed by atoms with Gasteiger partial charge in [0.1, 0.15) is 0 Å². The predicted octanol–water partition coefficient (Wildman–Crippen LogP) is 1.02. The maximum atomic E-state index is 11.6. The third kappa shape index (κ3) is 8.12. The molecule has 102 valence electrons. The Morgan fingerprint density at radius 2 is 1.76 bits per heavy atom. The van der Waals surface area contributed by atoms with E-state index < -0.39 is 6.29 Å². The van der Waals surface area contributed by atoms with E-state index in [2.05, 4.69) is 5.32 Å². The maximum Gasteiger partial charge on any atom is 0.220 e. The number of nitrogens with one attached hydrogen (secondary N) is 1. The molecular weight excluding hydrogens is 220 g/mol. The van der Waals surface area contributed by atoms with Gasteiger partial charge in [-0.15, -0.1) is 0 Å². The SMILES string of the molecule is COC(OC)C(C)NC(=O)CCCCCCN. The Kier molecular flexibility index (Phi) is 10.1. The maximum absolute atomic E-state index is 11.6. The van der Waals surface area contributed by atoms with Gasteiger partial charge in [-0.25, -0.2) is 0 Å². The van der Waals surface area contributed by atoms with Crippen LogP contribution in [0.15, 0.2) is 0 Å². The monoisotopic (exact) mass is 246 g/mol. The molecule has 0 bridgehead atoms. The summed E-state index contributed by atoms with van der Waals surface area (Å²) in [5, 5.41) is 2.86. The number of methoxy groups -OCH3 is 2. The highest BCUT2D eigenvalue weighted by molar-refractivity contribution is 5.76. The minimum Gasteiger partial charge on any atom is -0.354 e. The molecule has 0 aliphatic heterocycles. The van der Waals surface area contributed by atoms with E-state index in [4.69, 9.17) is 15.2 Å². The molecule has 0 heterocycles. The zero-order valence-electron chi connectivity index (χ0n) is 11.2. The van der Waals surface area contributed by atoms with Crippen LogP contribution in [-0.2, 0) is 14.3 Å². The molecule has 1 amide bonds. The Morgan fingerprint density at radius 3 is 2.29 bits per heavy atom. The van der Waals surface area contributed by atoms with E-state index >= 15 is 0 Å². The van der Waals surface area contributed by atoms with Crippen molar-refractivity contribution in [3.8, 4) is 0 Å². The molecule has 0 saturated carbocycles. The minimum absolute atomic E-state index is 0.0457. The summed E-state index contributed by atoms with van der Waals surface area (Å²) in [5.41, 5.74) is 5.39. The van der Waals surface area contributed by atoms with Gasteiger partial charge in [0.05, 0.1) is 6.04 Å². The molecule has 3 N–H and O–H groups in total. The first-order valence-corrected chi connectivity index (χ1v) is 6.20. The Hall–Kier alpha value is -0.650. The summed E-state index contributed by atoms with van der Waals surface area (Å²) in [7, 11) is 3.12. The van der Waals surface area contributed by atoms with Gasteiger partial charge in [0, 0.05) is 20.6 Å². The number of unbranched alkanes of at least 4 members (excludes halogenated alkanes) is 3. The highest BCUT2D eigenvalue weighted by Gasteiger charge is 2.17. The molecule has 0 aromatic heterocycles. The number of hydrogen-bond donors (Lipinski definition) is 2. The highest BCUT2D eigenvalue weighted by atomic mass is 16.7. The fourth-order valence-electron chi connectivity index (χ4n) is 1.68. The number of carbonyl (C=O) groups excluding carboxylic acids is 1. The van der Waals surface area contributed by atoms with Crippen molar-refractivity contribution in [2.24, 2.45) is 5.73 Å². The number of ether oxygens (including phenoxy) is 2. The van der Waals surface area contributed by atoms with Crippen LogP contribution >= 0.6 is 0 Å². The molecule has 17 heavy (non-hydrogen) atoms. The molecule has 0 fully saturated rings. The topological polar surface area (TPSA) is 73.6 Å². The molecule has 0 saturated heterocycles. The van der Waals surface area contributed by atoms with E-state index in [0.717, 1.165) is 32.2 Å². The Morgan fingerprint density at radius 1 is 1.18 bits per heavy atom. The van der Waals surface area contributed by atoms with Crippen LogP contribution < -0.4 is 11.1 Å². The summed E-state index contributed by atoms with van der Waals surface area (Å²) in [5.74, 6) is 0.0457. The van der Waals surface area contributed by atoms with Crippen molar-refractivity contribution in [2.75, 3.05) is 20.8 Å². The van der Waals surface area contributed by atoms with Crippen LogP contribution in [0, 0.1) is 0 Å². The van der Waals surface area contributed by atoms with Gasteiger partial charge in [-0.1, -0.05) is 12.8 Å². The second-order valence-corrected chi connectivity index (χ2v) is 4.15. The second-order valence-electron chi connectivity index (χ2n) is 4.15. The first-order chi connectivity index (χ1) is 8.15. The van der Waals surface area contributed by atoms with Crippen molar-refractivity contribution in [1.82, 2.24) is 5.32 Å². The lowest BCUT2D eigenvalue weighted by molar-refractivity contribution is -0.135. The first kappa shape index (κ1) is 16.4. The molecular formula is C12H26N2O3. The number of carbonyl (C=O) groups is 1. The minimum atomic E-state index is -0.392. The van der Waals surface area contributed by atoms with Crippen molar-refractivity contribution in [2.45, 2.75) is 51.4 Å². The van der Waals surface area contributed by atoms with Crippen LogP contribution in [0.2, 0.25) is 0 Å². The molecule has 0 spiro atoms. The van der Waals surface area contributed by atoms with Crippen LogP contribution in [0.25, 0.3) is 0 Å². The summed E-state index contributed by atoms with van der Waals surface area (Å²) < 4.78 is 10.1. The van der Waals surface area contributed by atoms with Gasteiger partial charge >= 0.3 is 0 Å². The van der Waals surface area contributed by atoms with Gasteiger partial charge in [-0.2, -0.15) is 0 Å². The molecule has 5 heteroatoms. The summed E-state index contributed by atoms with van der Waals surface area (Å²) >= 11 is 0. The summed E-state index contributed by atoms with van der Waals surface area (Å²) in [6, 6.07) is -0.137. The van der Waals surface area contributed by atoms with E-state index in [9.17, 15) is 4.79 Å². The highest BCUT2D eigenvalue weighted by Crippen LogP contribution is 2.04. The zero-order chi connectivity index (χ0) is 13.1. The normalized spacial score (nSPS) is 12.8. The van der Waals surface area contributed by atoms with Crippen molar-refractivity contribution in [3.63, 3.8) is 0 Å². The van der Waals surface area contributed by atoms with Gasteiger partial charge in [0.2, 0.25) is 5.91 Å². The van der Waals surface area contributed by atoms with Gasteiger partial charge < -0.3 is 20.5 Å². The van der Waals surface area contributed by atoms with Crippen molar-refractivity contribution >= 4 is 5.91 Å². The number of rotatable bonds is 10.